The lowest BCUT2D eigenvalue weighted by atomic mass is 9.77. The van der Waals surface area contributed by atoms with Crippen molar-refractivity contribution in [3.63, 3.8) is 0 Å². The number of nitrogens with zero attached hydrogens (tertiary/aromatic N) is 3. The van der Waals surface area contributed by atoms with Crippen LogP contribution < -0.4 is 29.0 Å². The predicted octanol–water partition coefficient (Wildman–Crippen LogP) is 7.97. The number of amides is 2. The fourth-order valence-electron chi connectivity index (χ4n) is 8.65. The highest BCUT2D eigenvalue weighted by Gasteiger charge is 2.36. The number of aromatic hydroxyl groups is 2. The Bertz CT molecular complexity index is 2430. The number of aromatic nitrogens is 1. The molecule has 1 saturated heterocycles. The number of carbonyl (C=O) groups is 2. The molecule has 0 spiro atoms. The molecule has 1 aliphatic carbocycles. The van der Waals surface area contributed by atoms with Crippen molar-refractivity contribution in [2.75, 3.05) is 60.8 Å². The van der Waals surface area contributed by atoms with Crippen LogP contribution in [0.4, 0.5) is 4.79 Å². The summed E-state index contributed by atoms with van der Waals surface area (Å²) in [6.45, 7) is 9.15. The molecule has 1 fully saturated rings. The fourth-order valence-corrected chi connectivity index (χ4v) is 8.65. The topological polar surface area (TPSA) is 175 Å². The van der Waals surface area contributed by atoms with E-state index in [9.17, 15) is 19.8 Å². The van der Waals surface area contributed by atoms with E-state index < -0.39 is 12.0 Å². The van der Waals surface area contributed by atoms with Crippen LogP contribution in [-0.4, -0.2) is 98.0 Å². The summed E-state index contributed by atoms with van der Waals surface area (Å²) in [5.41, 5.74) is 6.05. The Labute approximate surface area is 360 Å². The van der Waals surface area contributed by atoms with Crippen molar-refractivity contribution >= 4 is 12.0 Å². The van der Waals surface area contributed by atoms with Crippen LogP contribution in [0, 0.1) is 0 Å². The molecular weight excluding hydrogens is 797 g/mol. The lowest BCUT2D eigenvalue weighted by Crippen LogP contribution is -2.48. The summed E-state index contributed by atoms with van der Waals surface area (Å²) in [7, 11) is 4.77. The normalized spacial score (nSPS) is 17.1. The first-order valence-electron chi connectivity index (χ1n) is 20.9. The summed E-state index contributed by atoms with van der Waals surface area (Å²) in [6.07, 6.45) is 0.476. The van der Waals surface area contributed by atoms with Gasteiger partial charge >= 0.3 is 6.09 Å². The van der Waals surface area contributed by atoms with Crippen LogP contribution in [0.25, 0.3) is 22.5 Å². The average molecular weight is 849 g/mol. The maximum Gasteiger partial charge on any atom is 0.410 e. The molecule has 0 saturated carbocycles. The lowest BCUT2D eigenvalue weighted by Gasteiger charge is -2.36. The number of rotatable bonds is 12. The Morgan fingerprint density at radius 3 is 2.16 bits per heavy atom. The molecule has 3 heterocycles. The van der Waals surface area contributed by atoms with E-state index in [-0.39, 0.29) is 47.7 Å². The van der Waals surface area contributed by atoms with Crippen LogP contribution in [0.1, 0.15) is 89.9 Å². The number of benzene rings is 4. The van der Waals surface area contributed by atoms with Crippen molar-refractivity contribution in [2.24, 2.45) is 0 Å². The quantitative estimate of drug-likeness (QED) is 0.110. The van der Waals surface area contributed by atoms with Gasteiger partial charge in [-0.15, -0.1) is 0 Å². The van der Waals surface area contributed by atoms with E-state index in [4.69, 9.17) is 32.9 Å². The fraction of sp³-hybridized carbons (Fsp3) is 0.383. The molecule has 4 aromatic carbocycles. The Morgan fingerprint density at radius 1 is 0.855 bits per heavy atom. The van der Waals surface area contributed by atoms with Gasteiger partial charge < -0.3 is 53.4 Å². The molecule has 0 unspecified atom stereocenters. The van der Waals surface area contributed by atoms with E-state index >= 15 is 0 Å². The van der Waals surface area contributed by atoms with Crippen molar-refractivity contribution in [1.29, 1.82) is 0 Å². The Hall–Kier alpha value is -6.61. The molecule has 8 rings (SSSR count). The molecular formula is C47H52N4O11. The van der Waals surface area contributed by atoms with Gasteiger partial charge in [-0.2, -0.15) is 0 Å². The maximum absolute atomic E-state index is 13.8. The van der Waals surface area contributed by atoms with E-state index in [2.05, 4.69) is 15.4 Å². The molecule has 0 radical (unpaired) electrons. The Balaban J connectivity index is 0.946. The number of hydrogen-bond donors (Lipinski definition) is 3. The average Bonchev–Trinajstić information content (AvgIpc) is 3.93. The van der Waals surface area contributed by atoms with Gasteiger partial charge in [0.1, 0.15) is 17.6 Å². The summed E-state index contributed by atoms with van der Waals surface area (Å²) in [5, 5.41) is 28.3. The van der Waals surface area contributed by atoms with Gasteiger partial charge in [-0.3, -0.25) is 9.69 Å². The third-order valence-electron chi connectivity index (χ3n) is 11.9. The van der Waals surface area contributed by atoms with Crippen molar-refractivity contribution in [3.8, 4) is 62.7 Å². The largest absolute Gasteiger partial charge is 0.508 e. The molecule has 5 aromatic rings. The van der Waals surface area contributed by atoms with E-state index in [0.717, 1.165) is 22.3 Å². The SMILES string of the molecule is CCNC(=O)c1noc(-c2cc(C(C)C)c(O)cc2O)c1-c1ccc(CN2CCN(C(=O)O[C@@H]3CC[C@H](c4cc(OC)c(OC)c(OC)c4)c4cc5c(cc43)OCO5)CC2)cc1. The molecule has 2 amide bonds. The second kappa shape index (κ2) is 17.8. The molecule has 15 nitrogen and oxygen atoms in total. The zero-order chi connectivity index (χ0) is 43.7. The van der Waals surface area contributed by atoms with Crippen LogP contribution in [0.3, 0.4) is 0 Å². The molecule has 62 heavy (non-hydrogen) atoms. The minimum Gasteiger partial charge on any atom is -0.508 e. The zero-order valence-electron chi connectivity index (χ0n) is 35.8. The van der Waals surface area contributed by atoms with Gasteiger partial charge in [0.05, 0.1) is 32.5 Å². The minimum atomic E-state index is -0.475. The van der Waals surface area contributed by atoms with Crippen molar-refractivity contribution in [3.05, 3.63) is 94.2 Å². The van der Waals surface area contributed by atoms with Crippen LogP contribution >= 0.6 is 0 Å². The molecule has 326 valence electrons. The second-order valence-electron chi connectivity index (χ2n) is 15.9. The van der Waals surface area contributed by atoms with E-state index in [0.29, 0.717) is 103 Å². The number of phenolic OH excluding ortho intramolecular Hbond substituents is 2. The van der Waals surface area contributed by atoms with Crippen LogP contribution in [0.15, 0.2) is 65.2 Å². The molecule has 2 atom stereocenters. The molecule has 3 aliphatic rings. The first kappa shape index (κ1) is 42.1. The summed E-state index contributed by atoms with van der Waals surface area (Å²) in [6, 6.07) is 18.6. The van der Waals surface area contributed by atoms with Gasteiger partial charge in [0.2, 0.25) is 12.5 Å². The van der Waals surface area contributed by atoms with Gasteiger partial charge in [-0.1, -0.05) is 43.3 Å². The van der Waals surface area contributed by atoms with Crippen molar-refractivity contribution in [1.82, 2.24) is 20.3 Å². The number of methoxy groups -OCH3 is 3. The highest BCUT2D eigenvalue weighted by atomic mass is 16.7. The van der Waals surface area contributed by atoms with E-state index in [1.807, 2.05) is 69.3 Å². The second-order valence-corrected chi connectivity index (χ2v) is 15.9. The predicted molar refractivity (Wildman–Crippen MR) is 229 cm³/mol. The summed E-state index contributed by atoms with van der Waals surface area (Å²) in [4.78, 5) is 30.9. The monoisotopic (exact) mass is 848 g/mol. The summed E-state index contributed by atoms with van der Waals surface area (Å²) >= 11 is 0. The third kappa shape index (κ3) is 8.11. The Kier molecular flexibility index (Phi) is 12.1. The summed E-state index contributed by atoms with van der Waals surface area (Å²) < 4.78 is 40.4. The minimum absolute atomic E-state index is 0.0272. The highest BCUT2D eigenvalue weighted by molar-refractivity contribution is 6.02. The molecule has 1 aromatic heterocycles. The van der Waals surface area contributed by atoms with Gasteiger partial charge in [0, 0.05) is 56.8 Å². The number of piperazine rings is 1. The van der Waals surface area contributed by atoms with Gasteiger partial charge in [0.15, 0.2) is 34.5 Å². The number of carbonyl (C=O) groups excluding carboxylic acids is 2. The number of fused-ring (bicyclic) bond motifs is 2. The first-order chi connectivity index (χ1) is 30.0. The van der Waals surface area contributed by atoms with Gasteiger partial charge in [-0.25, -0.2) is 4.79 Å². The maximum atomic E-state index is 13.8. The molecule has 0 bridgehead atoms. The highest BCUT2D eigenvalue weighted by Crippen LogP contribution is 2.51. The van der Waals surface area contributed by atoms with Crippen molar-refractivity contribution in [2.45, 2.75) is 58.1 Å². The van der Waals surface area contributed by atoms with Gasteiger partial charge in [-0.05, 0) is 83.8 Å². The molecule has 2 aliphatic heterocycles. The zero-order valence-corrected chi connectivity index (χ0v) is 35.8. The Morgan fingerprint density at radius 2 is 1.53 bits per heavy atom. The summed E-state index contributed by atoms with van der Waals surface area (Å²) in [5.74, 6) is 2.45. The third-order valence-corrected chi connectivity index (χ3v) is 11.9. The van der Waals surface area contributed by atoms with Crippen LogP contribution in [0.2, 0.25) is 0 Å². The van der Waals surface area contributed by atoms with E-state index in [1.165, 1.54) is 6.07 Å². The molecule has 3 N–H and O–H groups in total. The lowest BCUT2D eigenvalue weighted by molar-refractivity contribution is 0.0377. The van der Waals surface area contributed by atoms with Gasteiger partial charge in [0.25, 0.3) is 5.91 Å². The van der Waals surface area contributed by atoms with Crippen molar-refractivity contribution < 1.29 is 52.7 Å². The van der Waals surface area contributed by atoms with Crippen LogP contribution in [0.5, 0.6) is 40.2 Å². The van der Waals surface area contributed by atoms with Crippen LogP contribution in [-0.2, 0) is 11.3 Å². The smallest absolute Gasteiger partial charge is 0.410 e. The number of hydrogen-bond acceptors (Lipinski definition) is 13. The number of ether oxygens (including phenoxy) is 6. The molecule has 15 heteroatoms. The number of nitrogens with one attached hydrogen (secondary N) is 1. The standard InChI is InChI=1S/C47H52N4O11/c1-7-48-46(54)43-42(44(62-49-43)34-20-31(26(2)3)35(52)23-36(34)53)28-10-8-27(9-11-28)24-50-14-16-51(17-15-50)47(55)61-37-13-12-30(32-21-38-39(22-33(32)37)60-25-59-38)29-18-40(56-4)45(58-6)41(19-29)57-5/h8-11,18-23,26,30,37,52-53H,7,12-17,24-25H2,1-6H3,(H,48,54)/t30-,37-/m1/s1. The number of phenols is 2. The first-order valence-corrected chi connectivity index (χ1v) is 20.9. The van der Waals surface area contributed by atoms with E-state index in [1.54, 1.807) is 32.3 Å².